The van der Waals surface area contributed by atoms with Gasteiger partial charge in [0.15, 0.2) is 17.8 Å². The second-order valence-corrected chi connectivity index (χ2v) is 6.53. The molecular formula is C24H24O6. The van der Waals surface area contributed by atoms with E-state index in [2.05, 4.69) is 0 Å². The van der Waals surface area contributed by atoms with Crippen LogP contribution in [-0.2, 0) is 28.5 Å². The quantitative estimate of drug-likeness (QED) is 0.428. The molecule has 156 valence electrons. The lowest BCUT2D eigenvalue weighted by atomic mass is 10.1. The predicted molar refractivity (Wildman–Crippen MR) is 111 cm³/mol. The van der Waals surface area contributed by atoms with Crippen molar-refractivity contribution in [3.8, 4) is 0 Å². The van der Waals surface area contributed by atoms with Gasteiger partial charge in [-0.2, -0.15) is 0 Å². The van der Waals surface area contributed by atoms with Crippen LogP contribution in [0.15, 0.2) is 72.9 Å². The third-order valence-corrected chi connectivity index (χ3v) is 4.29. The van der Waals surface area contributed by atoms with E-state index in [1.165, 1.54) is 6.26 Å². The Morgan fingerprint density at radius 2 is 1.37 bits per heavy atom. The molecule has 0 fully saturated rings. The van der Waals surface area contributed by atoms with Crippen molar-refractivity contribution in [2.45, 2.75) is 32.6 Å². The molecule has 3 rings (SSSR count). The average Bonchev–Trinajstić information content (AvgIpc) is 2.78. The molecule has 0 bridgehead atoms. The largest absolute Gasteiger partial charge is 0.466 e. The minimum atomic E-state index is -0.454. The molecule has 1 heterocycles. The van der Waals surface area contributed by atoms with E-state index in [9.17, 15) is 9.59 Å². The maximum absolute atomic E-state index is 12.1. The van der Waals surface area contributed by atoms with Crippen LogP contribution in [-0.4, -0.2) is 18.5 Å². The van der Waals surface area contributed by atoms with Crippen LogP contribution in [0.4, 0.5) is 0 Å². The molecule has 0 saturated heterocycles. The highest BCUT2D eigenvalue weighted by atomic mass is 16.7. The van der Waals surface area contributed by atoms with Crippen LogP contribution in [0, 0.1) is 0 Å². The van der Waals surface area contributed by atoms with Crippen molar-refractivity contribution in [2.75, 3.05) is 6.61 Å². The number of hydrogen-bond acceptors (Lipinski definition) is 6. The van der Waals surface area contributed by atoms with Gasteiger partial charge in [0.1, 0.15) is 0 Å². The van der Waals surface area contributed by atoms with Crippen molar-refractivity contribution in [3.63, 3.8) is 0 Å². The fourth-order valence-electron chi connectivity index (χ4n) is 2.88. The lowest BCUT2D eigenvalue weighted by Gasteiger charge is -2.21. The third-order valence-electron chi connectivity index (χ3n) is 4.29. The Morgan fingerprint density at radius 3 is 1.97 bits per heavy atom. The molecule has 0 aliphatic carbocycles. The molecule has 0 radical (unpaired) electrons. The molecule has 0 aromatic heterocycles. The number of hydrogen-bond donors (Lipinski definition) is 0. The van der Waals surface area contributed by atoms with Gasteiger partial charge >= 0.3 is 17.9 Å². The second-order valence-electron chi connectivity index (χ2n) is 6.53. The Morgan fingerprint density at radius 1 is 0.800 bits per heavy atom. The van der Waals surface area contributed by atoms with Gasteiger partial charge in [-0.1, -0.05) is 60.7 Å². The Bertz CT molecular complexity index is 915. The Kier molecular flexibility index (Phi) is 7.66. The number of carbonyl (C=O) groups excluding carboxylic acids is 2. The first kappa shape index (κ1) is 21.2. The lowest BCUT2D eigenvalue weighted by Crippen LogP contribution is -2.11. The normalized spacial score (nSPS) is 13.0. The first-order chi connectivity index (χ1) is 14.7. The minimum Gasteiger partial charge on any atom is -0.466 e. The van der Waals surface area contributed by atoms with Gasteiger partial charge in [0, 0.05) is 24.0 Å². The van der Waals surface area contributed by atoms with Crippen molar-refractivity contribution < 1.29 is 28.5 Å². The molecule has 6 heteroatoms. The molecule has 0 unspecified atom stereocenters. The first-order valence-electron chi connectivity index (χ1n) is 9.93. The number of esters is 2. The van der Waals surface area contributed by atoms with E-state index in [4.69, 9.17) is 18.9 Å². The van der Waals surface area contributed by atoms with E-state index in [0.29, 0.717) is 31.0 Å². The van der Waals surface area contributed by atoms with Crippen LogP contribution in [0.2, 0.25) is 0 Å². The standard InChI is InChI=1S/C24H24O6/c1-2-27-20(25)15-9-10-16-21(26)29-22-17-28-23(18-11-5-3-6-12-18)24(30-22)19-13-7-4-8-14-19/h3-8,11-14,17H,2,9-10,15-16H2,1H3. The summed E-state index contributed by atoms with van der Waals surface area (Å²) in [4.78, 5) is 23.5. The Labute approximate surface area is 175 Å². The number of carbonyl (C=O) groups is 2. The smallest absolute Gasteiger partial charge is 0.329 e. The van der Waals surface area contributed by atoms with Crippen molar-refractivity contribution in [1.82, 2.24) is 0 Å². The molecular weight excluding hydrogens is 384 g/mol. The van der Waals surface area contributed by atoms with E-state index >= 15 is 0 Å². The maximum atomic E-state index is 12.1. The third kappa shape index (κ3) is 5.98. The van der Waals surface area contributed by atoms with Gasteiger partial charge in [0.05, 0.1) is 6.61 Å². The van der Waals surface area contributed by atoms with Crippen LogP contribution in [0.5, 0.6) is 0 Å². The first-order valence-corrected chi connectivity index (χ1v) is 9.93. The van der Waals surface area contributed by atoms with E-state index in [0.717, 1.165) is 11.1 Å². The summed E-state index contributed by atoms with van der Waals surface area (Å²) in [5.74, 6) is 0.266. The van der Waals surface area contributed by atoms with Crippen molar-refractivity contribution >= 4 is 23.5 Å². The monoisotopic (exact) mass is 408 g/mol. The summed E-state index contributed by atoms with van der Waals surface area (Å²) >= 11 is 0. The van der Waals surface area contributed by atoms with Crippen LogP contribution < -0.4 is 0 Å². The molecule has 6 nitrogen and oxygen atoms in total. The number of unbranched alkanes of at least 4 members (excludes halogenated alkanes) is 1. The van der Waals surface area contributed by atoms with Gasteiger partial charge in [-0.25, -0.2) is 0 Å². The van der Waals surface area contributed by atoms with Crippen molar-refractivity contribution in [3.05, 3.63) is 84.0 Å². The lowest BCUT2D eigenvalue weighted by molar-refractivity contribution is -0.145. The van der Waals surface area contributed by atoms with Gasteiger partial charge in [0.25, 0.3) is 0 Å². The maximum Gasteiger partial charge on any atom is 0.329 e. The SMILES string of the molecule is CCOC(=O)CCCCC(=O)OC1=COC(c2ccccc2)=C(c2ccccc2)O1. The van der Waals surface area contributed by atoms with Crippen molar-refractivity contribution in [1.29, 1.82) is 0 Å². The summed E-state index contributed by atoms with van der Waals surface area (Å²) in [7, 11) is 0. The molecule has 0 atom stereocenters. The van der Waals surface area contributed by atoms with Crippen molar-refractivity contribution in [2.24, 2.45) is 0 Å². The molecule has 1 aliphatic heterocycles. The summed E-state index contributed by atoms with van der Waals surface area (Å²) in [6.07, 6.45) is 2.80. The Balaban J connectivity index is 1.62. The number of benzene rings is 2. The number of ether oxygens (including phenoxy) is 4. The summed E-state index contributed by atoms with van der Waals surface area (Å²) in [6, 6.07) is 19.0. The summed E-state index contributed by atoms with van der Waals surface area (Å²) in [6.45, 7) is 2.12. The van der Waals surface area contributed by atoms with Crippen LogP contribution in [0.3, 0.4) is 0 Å². The molecule has 2 aromatic rings. The zero-order valence-electron chi connectivity index (χ0n) is 16.8. The minimum absolute atomic E-state index is 0.0241. The molecule has 0 amide bonds. The number of rotatable bonds is 9. The highest BCUT2D eigenvalue weighted by Crippen LogP contribution is 2.34. The fourth-order valence-corrected chi connectivity index (χ4v) is 2.88. The fraction of sp³-hybridized carbons (Fsp3) is 0.250. The van der Waals surface area contributed by atoms with E-state index in [-0.39, 0.29) is 24.8 Å². The molecule has 0 N–H and O–H groups in total. The molecule has 0 saturated carbocycles. The summed E-state index contributed by atoms with van der Waals surface area (Å²) in [5.41, 5.74) is 1.64. The van der Waals surface area contributed by atoms with Gasteiger partial charge in [-0.3, -0.25) is 9.59 Å². The van der Waals surface area contributed by atoms with Gasteiger partial charge in [0.2, 0.25) is 0 Å². The highest BCUT2D eigenvalue weighted by molar-refractivity contribution is 5.85. The van der Waals surface area contributed by atoms with Crippen LogP contribution in [0.25, 0.3) is 11.5 Å². The molecule has 30 heavy (non-hydrogen) atoms. The van der Waals surface area contributed by atoms with Crippen LogP contribution >= 0.6 is 0 Å². The second kappa shape index (κ2) is 10.9. The Hall–Kier alpha value is -3.54. The average molecular weight is 408 g/mol. The van der Waals surface area contributed by atoms with E-state index in [1.807, 2.05) is 60.7 Å². The highest BCUT2D eigenvalue weighted by Gasteiger charge is 2.23. The molecule has 0 spiro atoms. The van der Waals surface area contributed by atoms with E-state index in [1.54, 1.807) is 6.92 Å². The van der Waals surface area contributed by atoms with Gasteiger partial charge in [-0.05, 0) is 19.8 Å². The summed E-state index contributed by atoms with van der Waals surface area (Å²) in [5, 5.41) is 0. The van der Waals surface area contributed by atoms with Gasteiger partial charge < -0.3 is 18.9 Å². The topological polar surface area (TPSA) is 71.1 Å². The predicted octanol–water partition coefficient (Wildman–Crippen LogP) is 5.02. The molecule has 2 aromatic carbocycles. The molecule has 1 aliphatic rings. The summed E-state index contributed by atoms with van der Waals surface area (Å²) < 4.78 is 21.8. The zero-order chi connectivity index (χ0) is 21.2. The van der Waals surface area contributed by atoms with Crippen LogP contribution in [0.1, 0.15) is 43.7 Å². The van der Waals surface area contributed by atoms with Gasteiger partial charge in [-0.15, -0.1) is 0 Å². The van der Waals surface area contributed by atoms with E-state index < -0.39 is 5.97 Å². The zero-order valence-corrected chi connectivity index (χ0v) is 16.8.